The number of anilines is 2. The largest absolute Gasteiger partial charge is 0.465 e. The summed E-state index contributed by atoms with van der Waals surface area (Å²) in [6.07, 6.45) is 0. The summed E-state index contributed by atoms with van der Waals surface area (Å²) in [7, 11) is -1.98. The zero-order chi connectivity index (χ0) is 15.2. The molecule has 0 saturated heterocycles. The minimum Gasteiger partial charge on any atom is -0.465 e. The van der Waals surface area contributed by atoms with Crippen LogP contribution in [0.1, 0.15) is 17.3 Å². The van der Waals surface area contributed by atoms with Gasteiger partial charge in [0.25, 0.3) is 0 Å². The molecule has 0 fully saturated rings. The third-order valence-corrected chi connectivity index (χ3v) is 3.99. The Hall–Kier alpha value is -1.80. The Bertz CT molecular complexity index is 572. The van der Waals surface area contributed by atoms with Gasteiger partial charge in [0.2, 0.25) is 10.0 Å². The highest BCUT2D eigenvalue weighted by molar-refractivity contribution is 7.89. The predicted molar refractivity (Wildman–Crippen MR) is 78.1 cm³/mol. The molecule has 0 aliphatic heterocycles. The molecule has 8 heteroatoms. The van der Waals surface area contributed by atoms with Crippen molar-refractivity contribution in [2.45, 2.75) is 6.92 Å². The number of ether oxygens (including phenoxy) is 1. The average Bonchev–Trinajstić information content (AvgIpc) is 2.39. The Balaban J connectivity index is 2.64. The van der Waals surface area contributed by atoms with Crippen LogP contribution < -0.4 is 15.8 Å². The molecule has 0 bridgehead atoms. The quantitative estimate of drug-likeness (QED) is 0.497. The van der Waals surface area contributed by atoms with E-state index in [9.17, 15) is 13.2 Å². The molecule has 4 N–H and O–H groups in total. The molecular formula is C12H19N3O4S. The molecule has 0 unspecified atom stereocenters. The molecule has 20 heavy (non-hydrogen) atoms. The summed E-state index contributed by atoms with van der Waals surface area (Å²) in [4.78, 5) is 11.3. The lowest BCUT2D eigenvalue weighted by molar-refractivity contribution is 0.0601. The fourth-order valence-corrected chi connectivity index (χ4v) is 2.54. The lowest BCUT2D eigenvalue weighted by Gasteiger charge is -2.10. The fourth-order valence-electron chi connectivity index (χ4n) is 1.58. The molecule has 7 nitrogen and oxygen atoms in total. The highest BCUT2D eigenvalue weighted by Gasteiger charge is 2.10. The van der Waals surface area contributed by atoms with E-state index in [2.05, 4.69) is 14.8 Å². The van der Waals surface area contributed by atoms with E-state index in [-0.39, 0.29) is 12.3 Å². The predicted octanol–water partition coefficient (Wildman–Crippen LogP) is 0.407. The Morgan fingerprint density at radius 1 is 1.40 bits per heavy atom. The molecule has 0 atom stereocenters. The van der Waals surface area contributed by atoms with Crippen molar-refractivity contribution in [3.8, 4) is 0 Å². The van der Waals surface area contributed by atoms with Crippen molar-refractivity contribution in [2.75, 3.05) is 37.0 Å². The van der Waals surface area contributed by atoms with Gasteiger partial charge in [-0.1, -0.05) is 6.92 Å². The van der Waals surface area contributed by atoms with Gasteiger partial charge in [0.1, 0.15) is 0 Å². The number of benzene rings is 1. The van der Waals surface area contributed by atoms with Crippen LogP contribution in [0.2, 0.25) is 0 Å². The van der Waals surface area contributed by atoms with E-state index < -0.39 is 16.0 Å². The fraction of sp³-hybridized carbons (Fsp3) is 0.417. The van der Waals surface area contributed by atoms with Crippen LogP contribution in [0.4, 0.5) is 11.4 Å². The van der Waals surface area contributed by atoms with E-state index in [0.29, 0.717) is 23.5 Å². The molecule has 0 heterocycles. The first-order chi connectivity index (χ1) is 9.39. The highest BCUT2D eigenvalue weighted by atomic mass is 32.2. The lowest BCUT2D eigenvalue weighted by Crippen LogP contribution is -2.29. The average molecular weight is 301 g/mol. The van der Waals surface area contributed by atoms with Crippen LogP contribution in [0, 0.1) is 0 Å². The maximum Gasteiger partial charge on any atom is 0.337 e. The second kappa shape index (κ2) is 7.11. The first-order valence-electron chi connectivity index (χ1n) is 6.08. The molecule has 0 aromatic heterocycles. The van der Waals surface area contributed by atoms with Gasteiger partial charge >= 0.3 is 5.97 Å². The first kappa shape index (κ1) is 16.3. The third kappa shape index (κ3) is 4.71. The van der Waals surface area contributed by atoms with Gasteiger partial charge in [0, 0.05) is 13.1 Å². The molecule has 0 spiro atoms. The number of carbonyl (C=O) groups is 1. The second-order valence-corrected chi connectivity index (χ2v) is 5.96. The molecule has 0 saturated carbocycles. The van der Waals surface area contributed by atoms with E-state index in [4.69, 9.17) is 5.73 Å². The van der Waals surface area contributed by atoms with Gasteiger partial charge in [-0.2, -0.15) is 0 Å². The number of rotatable bonds is 7. The normalized spacial score (nSPS) is 11.1. The van der Waals surface area contributed by atoms with Gasteiger partial charge in [-0.3, -0.25) is 0 Å². The molecule has 1 aromatic carbocycles. The molecular weight excluding hydrogens is 282 g/mol. The molecule has 0 amide bonds. The summed E-state index contributed by atoms with van der Waals surface area (Å²) in [6, 6.07) is 4.65. The van der Waals surface area contributed by atoms with Crippen LogP contribution in [0.15, 0.2) is 18.2 Å². The molecule has 1 aromatic rings. The summed E-state index contributed by atoms with van der Waals surface area (Å²) in [6.45, 7) is 2.30. The summed E-state index contributed by atoms with van der Waals surface area (Å²) in [5.74, 6) is -0.531. The highest BCUT2D eigenvalue weighted by Crippen LogP contribution is 2.20. The number of esters is 1. The van der Waals surface area contributed by atoms with E-state index in [0.717, 1.165) is 0 Å². The van der Waals surface area contributed by atoms with E-state index >= 15 is 0 Å². The van der Waals surface area contributed by atoms with Crippen LogP contribution in [0.3, 0.4) is 0 Å². The number of hydrogen-bond acceptors (Lipinski definition) is 6. The van der Waals surface area contributed by atoms with E-state index in [1.165, 1.54) is 13.2 Å². The van der Waals surface area contributed by atoms with Crippen LogP contribution in [-0.4, -0.2) is 40.3 Å². The maximum atomic E-state index is 11.4. The Morgan fingerprint density at radius 3 is 2.65 bits per heavy atom. The first-order valence-corrected chi connectivity index (χ1v) is 7.74. The van der Waals surface area contributed by atoms with Crippen LogP contribution in [-0.2, 0) is 14.8 Å². The number of nitrogens with one attached hydrogen (secondary N) is 2. The van der Waals surface area contributed by atoms with Crippen LogP contribution in [0.25, 0.3) is 0 Å². The summed E-state index contributed by atoms with van der Waals surface area (Å²) in [5, 5.41) is 2.92. The molecule has 0 aliphatic rings. The van der Waals surface area contributed by atoms with Gasteiger partial charge in [0.05, 0.1) is 29.8 Å². The van der Waals surface area contributed by atoms with E-state index in [1.807, 2.05) is 0 Å². The van der Waals surface area contributed by atoms with Crippen LogP contribution >= 0.6 is 0 Å². The molecule has 1 rings (SSSR count). The number of hydrogen-bond donors (Lipinski definition) is 3. The monoisotopic (exact) mass is 301 g/mol. The minimum atomic E-state index is -3.27. The number of nitrogen functional groups attached to an aromatic ring is 1. The minimum absolute atomic E-state index is 0.0565. The zero-order valence-corrected chi connectivity index (χ0v) is 12.3. The van der Waals surface area contributed by atoms with Gasteiger partial charge < -0.3 is 15.8 Å². The zero-order valence-electron chi connectivity index (χ0n) is 11.5. The number of methoxy groups -OCH3 is 1. The van der Waals surface area contributed by atoms with Gasteiger partial charge in [0.15, 0.2) is 0 Å². The summed E-state index contributed by atoms with van der Waals surface area (Å²) < 4.78 is 29.9. The molecule has 112 valence electrons. The van der Waals surface area contributed by atoms with Gasteiger partial charge in [-0.05, 0) is 18.2 Å². The SMILES string of the molecule is CCNS(=O)(=O)CCNc1ccc(C(=O)OC)cc1N. The standard InChI is InChI=1S/C12H19N3O4S/c1-3-15-20(17,18)7-6-14-11-5-4-9(8-10(11)13)12(16)19-2/h4-5,8,14-15H,3,6-7,13H2,1-2H3. The van der Waals surface area contributed by atoms with Crippen molar-refractivity contribution in [3.63, 3.8) is 0 Å². The van der Waals surface area contributed by atoms with Crippen molar-refractivity contribution in [1.29, 1.82) is 0 Å². The second-order valence-electron chi connectivity index (χ2n) is 4.04. The van der Waals surface area contributed by atoms with Crippen LogP contribution in [0.5, 0.6) is 0 Å². The van der Waals surface area contributed by atoms with E-state index in [1.54, 1.807) is 19.1 Å². The summed E-state index contributed by atoms with van der Waals surface area (Å²) in [5.41, 5.74) is 7.06. The van der Waals surface area contributed by atoms with Crippen molar-refractivity contribution < 1.29 is 17.9 Å². The molecule has 0 aliphatic carbocycles. The Labute approximate surface area is 118 Å². The van der Waals surface area contributed by atoms with Crippen molar-refractivity contribution in [1.82, 2.24) is 4.72 Å². The maximum absolute atomic E-state index is 11.4. The van der Waals surface area contributed by atoms with Crippen molar-refractivity contribution in [2.24, 2.45) is 0 Å². The number of nitrogens with two attached hydrogens (primary N) is 1. The number of sulfonamides is 1. The van der Waals surface area contributed by atoms with Crippen molar-refractivity contribution in [3.05, 3.63) is 23.8 Å². The topological polar surface area (TPSA) is 111 Å². The van der Waals surface area contributed by atoms with Gasteiger partial charge in [-0.25, -0.2) is 17.9 Å². The summed E-state index contributed by atoms with van der Waals surface area (Å²) >= 11 is 0. The Morgan fingerprint density at radius 2 is 2.10 bits per heavy atom. The molecule has 0 radical (unpaired) electrons. The lowest BCUT2D eigenvalue weighted by atomic mass is 10.2. The van der Waals surface area contributed by atoms with Gasteiger partial charge in [-0.15, -0.1) is 0 Å². The van der Waals surface area contributed by atoms with Crippen molar-refractivity contribution >= 4 is 27.4 Å². The smallest absolute Gasteiger partial charge is 0.337 e. The number of carbonyl (C=O) groups excluding carboxylic acids is 1. The Kier molecular flexibility index (Phi) is 5.78. The third-order valence-electron chi connectivity index (χ3n) is 2.52.